The van der Waals surface area contributed by atoms with Crippen LogP contribution >= 0.6 is 0 Å². The summed E-state index contributed by atoms with van der Waals surface area (Å²) < 4.78 is 25.6. The van der Waals surface area contributed by atoms with Gasteiger partial charge in [-0.1, -0.05) is 18.2 Å². The third-order valence-corrected chi connectivity index (χ3v) is 4.81. The van der Waals surface area contributed by atoms with Crippen molar-refractivity contribution in [2.24, 2.45) is 5.73 Å². The Morgan fingerprint density at radius 2 is 1.81 bits per heavy atom. The van der Waals surface area contributed by atoms with Crippen LogP contribution in [0.25, 0.3) is 22.2 Å². The molecule has 108 valence electrons. The fourth-order valence-corrected chi connectivity index (χ4v) is 3.62. The summed E-state index contributed by atoms with van der Waals surface area (Å²) >= 11 is 0. The summed E-state index contributed by atoms with van der Waals surface area (Å²) in [4.78, 5) is 4.02. The predicted molar refractivity (Wildman–Crippen MR) is 84.0 cm³/mol. The zero-order valence-electron chi connectivity index (χ0n) is 11.3. The molecule has 5 heteroatoms. The fraction of sp³-hybridized carbons (Fsp3) is 0.125. The molecular formula is C16H15FN2OS. The maximum Gasteiger partial charge on any atom is 0.123 e. The number of aromatic nitrogens is 1. The van der Waals surface area contributed by atoms with Gasteiger partial charge in [0.2, 0.25) is 0 Å². The van der Waals surface area contributed by atoms with E-state index >= 15 is 0 Å². The maximum absolute atomic E-state index is 13.1. The monoisotopic (exact) mass is 302 g/mol. The molecule has 3 rings (SSSR count). The van der Waals surface area contributed by atoms with Gasteiger partial charge in [0, 0.05) is 23.2 Å². The van der Waals surface area contributed by atoms with Gasteiger partial charge in [-0.15, -0.1) is 0 Å². The molecule has 1 heterocycles. The molecule has 0 radical (unpaired) electrons. The van der Waals surface area contributed by atoms with E-state index in [1.807, 2.05) is 24.3 Å². The first kappa shape index (κ1) is 14.0. The lowest BCUT2D eigenvalue weighted by Gasteiger charge is -2.04. The number of nitrogens with one attached hydrogen (secondary N) is 1. The second-order valence-electron chi connectivity index (χ2n) is 4.72. The molecular weight excluding hydrogens is 287 g/mol. The quantitative estimate of drug-likeness (QED) is 0.778. The summed E-state index contributed by atoms with van der Waals surface area (Å²) in [6, 6.07) is 13.9. The molecule has 3 aromatic rings. The normalized spacial score (nSPS) is 12.7. The van der Waals surface area contributed by atoms with Crippen molar-refractivity contribution in [3.8, 4) is 11.3 Å². The van der Waals surface area contributed by atoms with Crippen LogP contribution in [0.4, 0.5) is 4.39 Å². The van der Waals surface area contributed by atoms with E-state index in [2.05, 4.69) is 4.98 Å². The molecule has 2 aromatic carbocycles. The molecule has 0 spiro atoms. The van der Waals surface area contributed by atoms with Gasteiger partial charge in [0.15, 0.2) is 0 Å². The minimum Gasteiger partial charge on any atom is -0.354 e. The fourth-order valence-electron chi connectivity index (χ4n) is 2.38. The maximum atomic E-state index is 13.1. The number of hydrogen-bond donors (Lipinski definition) is 2. The van der Waals surface area contributed by atoms with Crippen LogP contribution in [0.1, 0.15) is 0 Å². The number of nitrogens with two attached hydrogens (primary N) is 1. The summed E-state index contributed by atoms with van der Waals surface area (Å²) in [5, 5.41) is 0.920. The van der Waals surface area contributed by atoms with Crippen molar-refractivity contribution in [1.82, 2.24) is 4.98 Å². The largest absolute Gasteiger partial charge is 0.354 e. The van der Waals surface area contributed by atoms with Crippen LogP contribution in [-0.4, -0.2) is 21.5 Å². The molecule has 0 aliphatic heterocycles. The van der Waals surface area contributed by atoms with Crippen molar-refractivity contribution in [1.29, 1.82) is 0 Å². The standard InChI is InChI=1S/C16H15FN2OS/c17-12-7-5-11(6-8-12)15-16(21(20)10-9-18)13-3-1-2-4-14(13)19-15/h1-8,19H,9-10,18H2. The molecule has 1 aromatic heterocycles. The van der Waals surface area contributed by atoms with Crippen LogP contribution in [0.5, 0.6) is 0 Å². The lowest BCUT2D eigenvalue weighted by atomic mass is 10.1. The Kier molecular flexibility index (Phi) is 3.86. The van der Waals surface area contributed by atoms with E-state index in [0.717, 1.165) is 27.1 Å². The van der Waals surface area contributed by atoms with Gasteiger partial charge in [0.1, 0.15) is 5.82 Å². The summed E-state index contributed by atoms with van der Waals surface area (Å²) in [6.07, 6.45) is 0. The van der Waals surface area contributed by atoms with E-state index in [9.17, 15) is 8.60 Å². The molecule has 0 aliphatic rings. The Morgan fingerprint density at radius 3 is 2.52 bits per heavy atom. The van der Waals surface area contributed by atoms with E-state index in [1.165, 1.54) is 12.1 Å². The Bertz CT molecular complexity index is 796. The minimum absolute atomic E-state index is 0.292. The molecule has 0 aliphatic carbocycles. The highest BCUT2D eigenvalue weighted by Crippen LogP contribution is 2.33. The zero-order chi connectivity index (χ0) is 14.8. The van der Waals surface area contributed by atoms with Gasteiger partial charge in [-0.2, -0.15) is 0 Å². The Labute approximate surface area is 124 Å². The highest BCUT2D eigenvalue weighted by molar-refractivity contribution is 7.85. The van der Waals surface area contributed by atoms with Gasteiger partial charge in [0.25, 0.3) is 0 Å². The first-order chi connectivity index (χ1) is 10.2. The first-order valence-corrected chi connectivity index (χ1v) is 7.97. The van der Waals surface area contributed by atoms with Gasteiger partial charge in [-0.3, -0.25) is 4.21 Å². The van der Waals surface area contributed by atoms with Crippen LogP contribution in [-0.2, 0) is 10.8 Å². The highest BCUT2D eigenvalue weighted by Gasteiger charge is 2.17. The number of halogens is 1. The van der Waals surface area contributed by atoms with Gasteiger partial charge in [-0.05, 0) is 35.9 Å². The number of fused-ring (bicyclic) bond motifs is 1. The van der Waals surface area contributed by atoms with Crippen molar-refractivity contribution >= 4 is 21.7 Å². The number of rotatable bonds is 4. The van der Waals surface area contributed by atoms with Crippen LogP contribution in [0, 0.1) is 5.82 Å². The Hall–Kier alpha value is -1.98. The molecule has 0 fully saturated rings. The third kappa shape index (κ3) is 2.62. The van der Waals surface area contributed by atoms with Crippen molar-refractivity contribution in [2.75, 3.05) is 12.3 Å². The molecule has 3 N–H and O–H groups in total. The molecule has 3 nitrogen and oxygen atoms in total. The minimum atomic E-state index is -1.19. The third-order valence-electron chi connectivity index (χ3n) is 3.32. The molecule has 1 atom stereocenters. The second-order valence-corrected chi connectivity index (χ2v) is 6.23. The lowest BCUT2D eigenvalue weighted by molar-refractivity contribution is 0.628. The molecule has 0 bridgehead atoms. The smallest absolute Gasteiger partial charge is 0.123 e. The summed E-state index contributed by atoms with van der Waals surface area (Å²) in [7, 11) is -1.19. The average molecular weight is 302 g/mol. The Morgan fingerprint density at radius 1 is 1.10 bits per heavy atom. The molecule has 0 saturated carbocycles. The molecule has 1 unspecified atom stereocenters. The van der Waals surface area contributed by atoms with Crippen molar-refractivity contribution < 1.29 is 8.60 Å². The van der Waals surface area contributed by atoms with Crippen molar-refractivity contribution in [3.63, 3.8) is 0 Å². The average Bonchev–Trinajstić information content (AvgIpc) is 2.87. The van der Waals surface area contributed by atoms with E-state index in [0.29, 0.717) is 12.3 Å². The van der Waals surface area contributed by atoms with Gasteiger partial charge in [-0.25, -0.2) is 4.39 Å². The Balaban J connectivity index is 2.23. The summed E-state index contributed by atoms with van der Waals surface area (Å²) in [6.45, 7) is 0.356. The van der Waals surface area contributed by atoms with Crippen LogP contribution in [0.3, 0.4) is 0 Å². The SMILES string of the molecule is NCCS(=O)c1c(-c2ccc(F)cc2)[nH]c2ccccc12. The van der Waals surface area contributed by atoms with Crippen LogP contribution in [0.2, 0.25) is 0 Å². The first-order valence-electron chi connectivity index (χ1n) is 6.66. The van der Waals surface area contributed by atoms with E-state index in [1.54, 1.807) is 12.1 Å². The molecule has 21 heavy (non-hydrogen) atoms. The highest BCUT2D eigenvalue weighted by atomic mass is 32.2. The van der Waals surface area contributed by atoms with Crippen molar-refractivity contribution in [3.05, 3.63) is 54.3 Å². The number of aromatic amines is 1. The van der Waals surface area contributed by atoms with E-state index in [-0.39, 0.29) is 5.82 Å². The number of H-pyrrole nitrogens is 1. The van der Waals surface area contributed by atoms with Crippen LogP contribution in [0.15, 0.2) is 53.4 Å². The van der Waals surface area contributed by atoms with Crippen molar-refractivity contribution in [2.45, 2.75) is 4.90 Å². The number of hydrogen-bond acceptors (Lipinski definition) is 2. The van der Waals surface area contributed by atoms with Gasteiger partial charge >= 0.3 is 0 Å². The van der Waals surface area contributed by atoms with Gasteiger partial charge < -0.3 is 10.7 Å². The topological polar surface area (TPSA) is 58.9 Å². The molecule has 0 amide bonds. The van der Waals surface area contributed by atoms with E-state index in [4.69, 9.17) is 5.73 Å². The second kappa shape index (κ2) is 5.79. The van der Waals surface area contributed by atoms with Gasteiger partial charge in [0.05, 0.1) is 21.4 Å². The molecule has 0 saturated heterocycles. The number of para-hydroxylation sites is 1. The predicted octanol–water partition coefficient (Wildman–Crippen LogP) is 3.04. The summed E-state index contributed by atoms with van der Waals surface area (Å²) in [5.41, 5.74) is 8.03. The zero-order valence-corrected chi connectivity index (χ0v) is 12.1. The summed E-state index contributed by atoms with van der Waals surface area (Å²) in [5.74, 6) is 0.107. The van der Waals surface area contributed by atoms with Crippen LogP contribution < -0.4 is 5.73 Å². The number of benzene rings is 2. The lowest BCUT2D eigenvalue weighted by Crippen LogP contribution is -2.10. The van der Waals surface area contributed by atoms with E-state index < -0.39 is 10.8 Å².